The van der Waals surface area contributed by atoms with Gasteiger partial charge in [-0.15, -0.1) is 0 Å². The zero-order chi connectivity index (χ0) is 10.4. The van der Waals surface area contributed by atoms with Crippen molar-refractivity contribution in [1.82, 2.24) is 4.90 Å². The number of hydrogen-bond acceptors (Lipinski definition) is 1. The summed E-state index contributed by atoms with van der Waals surface area (Å²) in [6.07, 6.45) is 4.23. The van der Waals surface area contributed by atoms with E-state index in [9.17, 15) is 0 Å². The molecule has 0 saturated heterocycles. The van der Waals surface area contributed by atoms with Crippen LogP contribution in [0.3, 0.4) is 0 Å². The minimum atomic E-state index is 0.898. The monoisotopic (exact) mass is 201 g/mol. The van der Waals surface area contributed by atoms with E-state index in [2.05, 4.69) is 19.9 Å². The molecule has 0 fully saturated rings. The van der Waals surface area contributed by atoms with Crippen LogP contribution >= 0.6 is 11.6 Å². The van der Waals surface area contributed by atoms with E-state index >= 15 is 0 Å². The normalized spacial score (nSPS) is 14.2. The lowest BCUT2D eigenvalue weighted by atomic mass is 10.1. The van der Waals surface area contributed by atoms with E-state index in [-0.39, 0.29) is 0 Å². The molecule has 0 aromatic rings. The van der Waals surface area contributed by atoms with Gasteiger partial charge in [-0.3, -0.25) is 0 Å². The predicted molar refractivity (Wildman–Crippen MR) is 60.9 cm³/mol. The fourth-order valence-corrected chi connectivity index (χ4v) is 1.44. The van der Waals surface area contributed by atoms with Gasteiger partial charge in [0, 0.05) is 19.8 Å². The molecule has 13 heavy (non-hydrogen) atoms. The highest BCUT2D eigenvalue weighted by molar-refractivity contribution is 6.32. The van der Waals surface area contributed by atoms with Crippen LogP contribution in [0, 0.1) is 0 Å². The SMILES string of the molecule is CC/C=C(CC)/C(Cl)=C(/C)N(C)C. The van der Waals surface area contributed by atoms with E-state index in [4.69, 9.17) is 11.6 Å². The van der Waals surface area contributed by atoms with Crippen molar-refractivity contribution in [2.75, 3.05) is 14.1 Å². The summed E-state index contributed by atoms with van der Waals surface area (Å²) in [6.45, 7) is 6.30. The first-order chi connectivity index (χ1) is 6.04. The van der Waals surface area contributed by atoms with Gasteiger partial charge in [-0.05, 0) is 25.3 Å². The zero-order valence-corrected chi connectivity index (χ0v) is 10.1. The van der Waals surface area contributed by atoms with Crippen LogP contribution < -0.4 is 0 Å². The van der Waals surface area contributed by atoms with Crippen molar-refractivity contribution in [1.29, 1.82) is 0 Å². The molecule has 0 aliphatic heterocycles. The lowest BCUT2D eigenvalue weighted by Crippen LogP contribution is -2.10. The summed E-state index contributed by atoms with van der Waals surface area (Å²) in [4.78, 5) is 2.04. The van der Waals surface area contributed by atoms with Gasteiger partial charge in [0.25, 0.3) is 0 Å². The Kier molecular flexibility index (Phi) is 5.89. The average Bonchev–Trinajstić information content (AvgIpc) is 2.11. The molecule has 0 aliphatic carbocycles. The Balaban J connectivity index is 4.82. The van der Waals surface area contributed by atoms with Gasteiger partial charge in [-0.25, -0.2) is 0 Å². The number of allylic oxidation sites excluding steroid dienone is 4. The standard InChI is InChI=1S/C11H20ClN/c1-6-8-10(7-2)11(12)9(3)13(4)5/h8H,6-7H2,1-5H3/b10-8+,11-9+. The van der Waals surface area contributed by atoms with Gasteiger partial charge < -0.3 is 4.90 Å². The lowest BCUT2D eigenvalue weighted by molar-refractivity contribution is 0.511. The van der Waals surface area contributed by atoms with E-state index in [1.165, 1.54) is 5.57 Å². The number of halogens is 1. The molecule has 0 aliphatic rings. The van der Waals surface area contributed by atoms with Crippen molar-refractivity contribution in [3.05, 3.63) is 22.4 Å². The zero-order valence-electron chi connectivity index (χ0n) is 9.32. The van der Waals surface area contributed by atoms with Gasteiger partial charge in [0.15, 0.2) is 0 Å². The molecule has 0 aromatic carbocycles. The highest BCUT2D eigenvalue weighted by atomic mass is 35.5. The van der Waals surface area contributed by atoms with Crippen LogP contribution in [0.4, 0.5) is 0 Å². The molecule has 76 valence electrons. The first kappa shape index (κ1) is 12.6. The van der Waals surface area contributed by atoms with Crippen LogP contribution in [-0.2, 0) is 0 Å². The molecular formula is C11H20ClN. The van der Waals surface area contributed by atoms with E-state index in [1.807, 2.05) is 25.9 Å². The molecule has 0 bridgehead atoms. The van der Waals surface area contributed by atoms with Gasteiger partial charge >= 0.3 is 0 Å². The summed E-state index contributed by atoms with van der Waals surface area (Å²) in [7, 11) is 4.02. The van der Waals surface area contributed by atoms with Crippen LogP contribution in [0.2, 0.25) is 0 Å². The second-order valence-corrected chi connectivity index (χ2v) is 3.66. The predicted octanol–water partition coefficient (Wildman–Crippen LogP) is 3.76. The summed E-state index contributed by atoms with van der Waals surface area (Å²) in [5.41, 5.74) is 2.37. The molecule has 0 aromatic heterocycles. The smallest absolute Gasteiger partial charge is 0.0622 e. The molecule has 0 amide bonds. The van der Waals surface area contributed by atoms with Crippen molar-refractivity contribution >= 4 is 11.6 Å². The van der Waals surface area contributed by atoms with Gasteiger partial charge in [-0.2, -0.15) is 0 Å². The maximum absolute atomic E-state index is 6.24. The Morgan fingerprint density at radius 2 is 1.85 bits per heavy atom. The van der Waals surface area contributed by atoms with Crippen molar-refractivity contribution in [2.24, 2.45) is 0 Å². The number of nitrogens with zero attached hydrogens (tertiary/aromatic N) is 1. The van der Waals surface area contributed by atoms with E-state index in [0.29, 0.717) is 0 Å². The highest BCUT2D eigenvalue weighted by Crippen LogP contribution is 2.23. The summed E-state index contributed by atoms with van der Waals surface area (Å²) in [5.74, 6) is 0. The molecule has 0 atom stereocenters. The average molecular weight is 202 g/mol. The second kappa shape index (κ2) is 6.09. The first-order valence-electron chi connectivity index (χ1n) is 4.77. The molecule has 0 N–H and O–H groups in total. The van der Waals surface area contributed by atoms with Crippen LogP contribution in [-0.4, -0.2) is 19.0 Å². The molecular weight excluding hydrogens is 182 g/mol. The van der Waals surface area contributed by atoms with Crippen LogP contribution in [0.5, 0.6) is 0 Å². The van der Waals surface area contributed by atoms with Gasteiger partial charge in [0.2, 0.25) is 0 Å². The van der Waals surface area contributed by atoms with Crippen molar-refractivity contribution < 1.29 is 0 Å². The maximum Gasteiger partial charge on any atom is 0.0622 e. The summed E-state index contributed by atoms with van der Waals surface area (Å²) >= 11 is 6.24. The topological polar surface area (TPSA) is 3.24 Å². The summed E-state index contributed by atoms with van der Waals surface area (Å²) in [6, 6.07) is 0. The Hall–Kier alpha value is -0.430. The van der Waals surface area contributed by atoms with Gasteiger partial charge in [0.1, 0.15) is 0 Å². The van der Waals surface area contributed by atoms with Crippen molar-refractivity contribution in [3.63, 3.8) is 0 Å². The van der Waals surface area contributed by atoms with E-state index in [0.717, 1.165) is 23.6 Å². The second-order valence-electron chi connectivity index (χ2n) is 3.28. The molecule has 1 nitrogen and oxygen atoms in total. The Bertz CT molecular complexity index is 214. The quantitative estimate of drug-likeness (QED) is 0.626. The summed E-state index contributed by atoms with van der Waals surface area (Å²) in [5, 5.41) is 0.898. The molecule has 0 spiro atoms. The first-order valence-corrected chi connectivity index (χ1v) is 5.15. The lowest BCUT2D eigenvalue weighted by Gasteiger charge is -2.16. The fraction of sp³-hybridized carbons (Fsp3) is 0.636. The maximum atomic E-state index is 6.24. The molecule has 0 heterocycles. The Morgan fingerprint density at radius 1 is 1.31 bits per heavy atom. The third-order valence-electron chi connectivity index (χ3n) is 2.10. The Labute approximate surface area is 87.1 Å². The highest BCUT2D eigenvalue weighted by Gasteiger charge is 2.05. The molecule has 0 rings (SSSR count). The Morgan fingerprint density at radius 3 is 2.15 bits per heavy atom. The third-order valence-corrected chi connectivity index (χ3v) is 2.62. The van der Waals surface area contributed by atoms with Gasteiger partial charge in [0.05, 0.1) is 5.03 Å². The van der Waals surface area contributed by atoms with E-state index < -0.39 is 0 Å². The van der Waals surface area contributed by atoms with Crippen molar-refractivity contribution in [2.45, 2.75) is 33.6 Å². The van der Waals surface area contributed by atoms with Crippen LogP contribution in [0.25, 0.3) is 0 Å². The largest absolute Gasteiger partial charge is 0.380 e. The molecule has 0 saturated carbocycles. The minimum Gasteiger partial charge on any atom is -0.380 e. The fourth-order valence-electron chi connectivity index (χ4n) is 1.06. The van der Waals surface area contributed by atoms with Crippen LogP contribution in [0.15, 0.2) is 22.4 Å². The number of rotatable bonds is 4. The molecule has 2 heteroatoms. The summed E-state index contributed by atoms with van der Waals surface area (Å²) < 4.78 is 0. The van der Waals surface area contributed by atoms with E-state index in [1.54, 1.807) is 0 Å². The van der Waals surface area contributed by atoms with Crippen molar-refractivity contribution in [3.8, 4) is 0 Å². The van der Waals surface area contributed by atoms with Crippen LogP contribution in [0.1, 0.15) is 33.6 Å². The number of hydrogen-bond donors (Lipinski definition) is 0. The third kappa shape index (κ3) is 3.86. The van der Waals surface area contributed by atoms with Gasteiger partial charge in [-0.1, -0.05) is 31.5 Å². The molecule has 0 unspecified atom stereocenters. The minimum absolute atomic E-state index is 0.898. The molecule has 0 radical (unpaired) electrons.